The Morgan fingerprint density at radius 2 is 1.85 bits per heavy atom. The van der Waals surface area contributed by atoms with Crippen LogP contribution < -0.4 is 9.47 Å². The molecule has 0 aliphatic carbocycles. The van der Waals surface area contributed by atoms with Crippen LogP contribution in [-0.2, 0) is 12.7 Å². The van der Waals surface area contributed by atoms with Crippen LogP contribution in [0.1, 0.15) is 16.7 Å². The molecule has 138 valence electrons. The number of nitrogens with zero attached hydrogens (tertiary/aromatic N) is 1. The van der Waals surface area contributed by atoms with Gasteiger partial charge in [0.05, 0.1) is 5.56 Å². The minimum Gasteiger partial charge on any atom is -0.454 e. The molecule has 0 aromatic heterocycles. The number of rotatable bonds is 5. The lowest BCUT2D eigenvalue weighted by Crippen LogP contribution is -2.17. The Hall–Kier alpha value is -2.54. The molecule has 1 aliphatic rings. The summed E-state index contributed by atoms with van der Waals surface area (Å²) in [6.07, 6.45) is -1.31. The Bertz CT molecular complexity index is 818. The fourth-order valence-corrected chi connectivity index (χ4v) is 2.65. The first kappa shape index (κ1) is 18.3. The number of alkyl halides is 3. The summed E-state index contributed by atoms with van der Waals surface area (Å²) in [5, 5.41) is 0. The Kier molecular flexibility index (Phi) is 5.18. The van der Waals surface area contributed by atoms with Gasteiger partial charge in [-0.2, -0.15) is 13.2 Å². The highest BCUT2D eigenvalue weighted by molar-refractivity contribution is 5.50. The van der Waals surface area contributed by atoms with E-state index in [1.165, 1.54) is 6.07 Å². The van der Waals surface area contributed by atoms with Crippen LogP contribution >= 0.6 is 0 Å². The monoisotopic (exact) mass is 367 g/mol. The van der Waals surface area contributed by atoms with E-state index in [-0.39, 0.29) is 6.79 Å². The van der Waals surface area contributed by atoms with Gasteiger partial charge in [0.15, 0.2) is 11.5 Å². The first-order chi connectivity index (χ1) is 12.3. The van der Waals surface area contributed by atoms with Gasteiger partial charge in [0.1, 0.15) is 5.82 Å². The van der Waals surface area contributed by atoms with E-state index in [0.29, 0.717) is 24.4 Å². The molecule has 0 atom stereocenters. The van der Waals surface area contributed by atoms with Gasteiger partial charge in [-0.15, -0.1) is 0 Å². The summed E-state index contributed by atoms with van der Waals surface area (Å²) in [5.74, 6) is 0.167. The summed E-state index contributed by atoms with van der Waals surface area (Å²) in [4.78, 5) is 2.01. The lowest BCUT2D eigenvalue weighted by atomic mass is 10.1. The summed E-state index contributed by atoms with van der Waals surface area (Å²) in [6.45, 7) is 1.43. The maximum absolute atomic E-state index is 13.5. The molecular weight excluding hydrogens is 350 g/mol. The number of likely N-dealkylation sites (N-methyl/N-ethyl adjacent to an activating group) is 1. The third-order valence-corrected chi connectivity index (χ3v) is 3.92. The third-order valence-electron chi connectivity index (χ3n) is 3.92. The zero-order valence-corrected chi connectivity index (χ0v) is 14.0. The van der Waals surface area contributed by atoms with Crippen molar-refractivity contribution in [3.05, 3.63) is 65.0 Å². The largest absolute Gasteiger partial charge is 0.454 e. The molecule has 0 saturated heterocycles. The molecule has 0 amide bonds. The molecule has 26 heavy (non-hydrogen) atoms. The van der Waals surface area contributed by atoms with Gasteiger partial charge in [0.25, 0.3) is 0 Å². The lowest BCUT2D eigenvalue weighted by molar-refractivity contribution is -0.140. The van der Waals surface area contributed by atoms with Gasteiger partial charge in [0.2, 0.25) is 6.79 Å². The fourth-order valence-electron chi connectivity index (χ4n) is 2.65. The van der Waals surface area contributed by atoms with Crippen LogP contribution in [0.25, 0.3) is 6.08 Å². The first-order valence-electron chi connectivity index (χ1n) is 7.93. The van der Waals surface area contributed by atoms with E-state index >= 15 is 0 Å². The van der Waals surface area contributed by atoms with Gasteiger partial charge >= 0.3 is 6.18 Å². The van der Waals surface area contributed by atoms with Crippen molar-refractivity contribution in [1.82, 2.24) is 4.90 Å². The molecule has 0 fully saturated rings. The molecule has 3 rings (SSSR count). The molecule has 2 aromatic rings. The molecular formula is C19H17F4NO2. The zero-order chi connectivity index (χ0) is 18.7. The van der Waals surface area contributed by atoms with Crippen molar-refractivity contribution in [2.75, 3.05) is 20.4 Å². The molecule has 0 bridgehead atoms. The summed E-state index contributed by atoms with van der Waals surface area (Å²) in [6, 6.07) is 8.60. The summed E-state index contributed by atoms with van der Waals surface area (Å²) in [5.41, 5.74) is 0.173. The zero-order valence-electron chi connectivity index (χ0n) is 14.0. The Labute approximate surface area is 148 Å². The highest BCUT2D eigenvalue weighted by Gasteiger charge is 2.33. The molecule has 7 heteroatoms. The smallest absolute Gasteiger partial charge is 0.419 e. The van der Waals surface area contributed by atoms with Crippen molar-refractivity contribution in [2.45, 2.75) is 12.7 Å². The molecule has 3 nitrogen and oxygen atoms in total. The van der Waals surface area contributed by atoms with Gasteiger partial charge in [-0.05, 0) is 42.4 Å². The Balaban J connectivity index is 1.57. The topological polar surface area (TPSA) is 21.7 Å². The lowest BCUT2D eigenvalue weighted by Gasteiger charge is -2.14. The number of halogens is 4. The third kappa shape index (κ3) is 4.35. The minimum atomic E-state index is -4.68. The van der Waals surface area contributed by atoms with E-state index in [4.69, 9.17) is 9.47 Å². The van der Waals surface area contributed by atoms with Crippen LogP contribution in [0, 0.1) is 5.82 Å². The van der Waals surface area contributed by atoms with Crippen LogP contribution in [-0.4, -0.2) is 25.3 Å². The standard InChI is InChI=1S/C19H17F4NO2/c1-24(11-14-5-7-17-18(10-14)26-12-25-17)8-2-3-13-4-6-15(16(20)9-13)19(21,22)23/h2-7,9-10H,8,11-12H2,1H3/b3-2+. The molecule has 0 radical (unpaired) electrons. The van der Waals surface area contributed by atoms with Crippen LogP contribution in [0.2, 0.25) is 0 Å². The van der Waals surface area contributed by atoms with Crippen molar-refractivity contribution in [2.24, 2.45) is 0 Å². The molecule has 0 unspecified atom stereocenters. The van der Waals surface area contributed by atoms with E-state index in [1.54, 1.807) is 12.2 Å². The highest BCUT2D eigenvalue weighted by Crippen LogP contribution is 2.33. The van der Waals surface area contributed by atoms with Gasteiger partial charge < -0.3 is 9.47 Å². The van der Waals surface area contributed by atoms with E-state index in [2.05, 4.69) is 0 Å². The second kappa shape index (κ2) is 7.37. The van der Waals surface area contributed by atoms with Crippen LogP contribution in [0.5, 0.6) is 11.5 Å². The number of benzene rings is 2. The van der Waals surface area contributed by atoms with Gasteiger partial charge in [-0.3, -0.25) is 4.90 Å². The van der Waals surface area contributed by atoms with E-state index in [0.717, 1.165) is 23.4 Å². The second-order valence-corrected chi connectivity index (χ2v) is 6.02. The first-order valence-corrected chi connectivity index (χ1v) is 7.93. The maximum atomic E-state index is 13.5. The maximum Gasteiger partial charge on any atom is 0.419 e. The SMILES string of the molecule is CN(C/C=C/c1ccc(C(F)(F)F)c(F)c1)Cc1ccc2c(c1)OCO2. The number of fused-ring (bicyclic) bond motifs is 1. The number of hydrogen-bond donors (Lipinski definition) is 0. The van der Waals surface area contributed by atoms with Gasteiger partial charge in [0, 0.05) is 13.1 Å². The number of hydrogen-bond acceptors (Lipinski definition) is 3. The quantitative estimate of drug-likeness (QED) is 0.714. The van der Waals surface area contributed by atoms with Crippen molar-refractivity contribution in [3.8, 4) is 11.5 Å². The van der Waals surface area contributed by atoms with E-state index in [1.807, 2.05) is 30.1 Å². The van der Waals surface area contributed by atoms with Gasteiger partial charge in [-0.25, -0.2) is 4.39 Å². The van der Waals surface area contributed by atoms with Crippen molar-refractivity contribution in [1.29, 1.82) is 0 Å². The Morgan fingerprint density at radius 3 is 2.58 bits per heavy atom. The predicted octanol–water partition coefficient (Wildman–Crippen LogP) is 4.72. The van der Waals surface area contributed by atoms with Crippen LogP contribution in [0.15, 0.2) is 42.5 Å². The van der Waals surface area contributed by atoms with Crippen molar-refractivity contribution >= 4 is 6.08 Å². The average molecular weight is 367 g/mol. The summed E-state index contributed by atoms with van der Waals surface area (Å²) >= 11 is 0. The Morgan fingerprint density at radius 1 is 1.08 bits per heavy atom. The average Bonchev–Trinajstić information content (AvgIpc) is 3.01. The van der Waals surface area contributed by atoms with Crippen LogP contribution in [0.3, 0.4) is 0 Å². The van der Waals surface area contributed by atoms with E-state index < -0.39 is 17.6 Å². The molecule has 1 heterocycles. The molecule has 2 aromatic carbocycles. The molecule has 0 saturated carbocycles. The predicted molar refractivity (Wildman–Crippen MR) is 89.3 cm³/mol. The van der Waals surface area contributed by atoms with Crippen molar-refractivity contribution in [3.63, 3.8) is 0 Å². The summed E-state index contributed by atoms with van der Waals surface area (Å²) < 4.78 is 61.8. The fraction of sp³-hybridized carbons (Fsp3) is 0.263. The molecule has 1 aliphatic heterocycles. The van der Waals surface area contributed by atoms with Gasteiger partial charge in [-0.1, -0.05) is 24.3 Å². The number of ether oxygens (including phenoxy) is 2. The normalized spacial score (nSPS) is 13.8. The van der Waals surface area contributed by atoms with E-state index in [9.17, 15) is 17.6 Å². The second-order valence-electron chi connectivity index (χ2n) is 6.02. The van der Waals surface area contributed by atoms with Crippen LogP contribution in [0.4, 0.5) is 17.6 Å². The molecule has 0 N–H and O–H groups in total. The minimum absolute atomic E-state index is 0.223. The highest BCUT2D eigenvalue weighted by atomic mass is 19.4. The summed E-state index contributed by atoms with van der Waals surface area (Å²) in [7, 11) is 1.91. The molecule has 0 spiro atoms. The van der Waals surface area contributed by atoms with Crippen molar-refractivity contribution < 1.29 is 27.0 Å².